The highest BCUT2D eigenvalue weighted by Gasteiger charge is 2.34. The minimum Gasteiger partial charge on any atom is -0.310 e. The Morgan fingerprint density at radius 3 is 2.56 bits per heavy atom. The smallest absolute Gasteiger partial charge is 0.310 e. The molecular weight excluding hydrogens is 239 g/mol. The van der Waals surface area contributed by atoms with E-state index in [0.29, 0.717) is 24.9 Å². The van der Waals surface area contributed by atoms with Gasteiger partial charge < -0.3 is 5.32 Å². The third-order valence-corrected chi connectivity index (χ3v) is 2.75. The molecule has 1 nitrogen and oxygen atoms in total. The van der Waals surface area contributed by atoms with Gasteiger partial charge in [-0.05, 0) is 31.0 Å². The van der Waals surface area contributed by atoms with E-state index in [-0.39, 0.29) is 6.04 Å². The minimum atomic E-state index is -4.31. The van der Waals surface area contributed by atoms with Gasteiger partial charge in [-0.2, -0.15) is 13.2 Å². The molecule has 0 saturated carbocycles. The van der Waals surface area contributed by atoms with Gasteiger partial charge in [-0.1, -0.05) is 31.2 Å². The fraction of sp³-hybridized carbons (Fsp3) is 0.429. The molecule has 1 aromatic carbocycles. The Morgan fingerprint density at radius 2 is 2.00 bits per heavy atom. The van der Waals surface area contributed by atoms with E-state index in [1.807, 2.05) is 6.92 Å². The van der Waals surface area contributed by atoms with Crippen LogP contribution in [0, 0.1) is 0 Å². The zero-order valence-corrected chi connectivity index (χ0v) is 10.4. The van der Waals surface area contributed by atoms with Crippen molar-refractivity contribution >= 4 is 0 Å². The maximum Gasteiger partial charge on any atom is 0.416 e. The average Bonchev–Trinajstić information content (AvgIpc) is 2.33. The summed E-state index contributed by atoms with van der Waals surface area (Å²) >= 11 is 0. The van der Waals surface area contributed by atoms with Gasteiger partial charge in [0.05, 0.1) is 5.56 Å². The van der Waals surface area contributed by atoms with Gasteiger partial charge in [0.2, 0.25) is 0 Å². The number of hydrogen-bond donors (Lipinski definition) is 1. The van der Waals surface area contributed by atoms with Crippen LogP contribution in [0.4, 0.5) is 13.2 Å². The van der Waals surface area contributed by atoms with E-state index in [2.05, 4.69) is 11.9 Å². The molecule has 0 heterocycles. The zero-order chi connectivity index (χ0) is 13.6. The van der Waals surface area contributed by atoms with Gasteiger partial charge in [0.25, 0.3) is 0 Å². The second-order valence-electron chi connectivity index (χ2n) is 4.06. The van der Waals surface area contributed by atoms with Crippen LogP contribution in [-0.2, 0) is 6.18 Å². The lowest BCUT2D eigenvalue weighted by atomic mass is 9.96. The highest BCUT2D eigenvalue weighted by Crippen LogP contribution is 2.35. The number of halogens is 3. The van der Waals surface area contributed by atoms with E-state index in [4.69, 9.17) is 0 Å². The predicted molar refractivity (Wildman–Crippen MR) is 67.3 cm³/mol. The van der Waals surface area contributed by atoms with Crippen LogP contribution in [0.2, 0.25) is 0 Å². The van der Waals surface area contributed by atoms with Gasteiger partial charge in [0.15, 0.2) is 0 Å². The van der Waals surface area contributed by atoms with E-state index in [1.165, 1.54) is 6.07 Å². The molecule has 0 radical (unpaired) electrons. The molecule has 0 bridgehead atoms. The highest BCUT2D eigenvalue weighted by atomic mass is 19.4. The van der Waals surface area contributed by atoms with Crippen LogP contribution < -0.4 is 5.32 Å². The topological polar surface area (TPSA) is 12.0 Å². The van der Waals surface area contributed by atoms with Crippen molar-refractivity contribution in [1.29, 1.82) is 0 Å². The van der Waals surface area contributed by atoms with E-state index >= 15 is 0 Å². The summed E-state index contributed by atoms with van der Waals surface area (Å²) in [4.78, 5) is 0. The third-order valence-electron chi connectivity index (χ3n) is 2.75. The molecule has 0 aliphatic carbocycles. The van der Waals surface area contributed by atoms with E-state index < -0.39 is 11.7 Å². The number of alkyl halides is 3. The summed E-state index contributed by atoms with van der Waals surface area (Å²) in [5.41, 5.74) is -0.242. The van der Waals surface area contributed by atoms with Crippen LogP contribution in [0.3, 0.4) is 0 Å². The van der Waals surface area contributed by atoms with Crippen molar-refractivity contribution in [2.75, 3.05) is 6.54 Å². The summed E-state index contributed by atoms with van der Waals surface area (Å²) in [7, 11) is 0. The summed E-state index contributed by atoms with van der Waals surface area (Å²) in [6, 6.07) is 5.45. The Kier molecular flexibility index (Phi) is 5.41. The van der Waals surface area contributed by atoms with Crippen molar-refractivity contribution in [2.24, 2.45) is 0 Å². The summed E-state index contributed by atoms with van der Waals surface area (Å²) in [5, 5.41) is 3.10. The van der Waals surface area contributed by atoms with Crippen LogP contribution in [0.1, 0.15) is 36.9 Å². The van der Waals surface area contributed by atoms with E-state index in [0.717, 1.165) is 6.07 Å². The molecule has 0 saturated heterocycles. The Hall–Kier alpha value is -1.29. The lowest BCUT2D eigenvalue weighted by Crippen LogP contribution is -2.24. The maximum absolute atomic E-state index is 12.9. The van der Waals surface area contributed by atoms with Crippen molar-refractivity contribution in [1.82, 2.24) is 5.32 Å². The molecule has 4 heteroatoms. The zero-order valence-electron chi connectivity index (χ0n) is 10.4. The number of hydrogen-bond acceptors (Lipinski definition) is 1. The fourth-order valence-corrected chi connectivity index (χ4v) is 1.96. The Balaban J connectivity index is 3.06. The van der Waals surface area contributed by atoms with Crippen LogP contribution in [0.5, 0.6) is 0 Å². The monoisotopic (exact) mass is 257 g/mol. The summed E-state index contributed by atoms with van der Waals surface area (Å²) in [6.45, 7) is 6.13. The molecule has 0 aliphatic rings. The molecule has 0 spiro atoms. The van der Waals surface area contributed by atoms with Crippen molar-refractivity contribution in [3.63, 3.8) is 0 Å². The largest absolute Gasteiger partial charge is 0.416 e. The Bertz CT molecular complexity index is 385. The number of benzene rings is 1. The lowest BCUT2D eigenvalue weighted by molar-refractivity contribution is -0.138. The maximum atomic E-state index is 12.9. The van der Waals surface area contributed by atoms with Crippen LogP contribution in [-0.4, -0.2) is 6.54 Å². The number of nitrogens with one attached hydrogen (secondary N) is 1. The summed E-state index contributed by atoms with van der Waals surface area (Å²) < 4.78 is 38.8. The molecule has 1 unspecified atom stereocenters. The quantitative estimate of drug-likeness (QED) is 0.748. The van der Waals surface area contributed by atoms with Gasteiger partial charge in [-0.25, -0.2) is 0 Å². The molecule has 1 atom stereocenters. The van der Waals surface area contributed by atoms with Crippen LogP contribution >= 0.6 is 0 Å². The molecule has 0 fully saturated rings. The van der Waals surface area contributed by atoms with E-state index in [9.17, 15) is 13.2 Å². The average molecular weight is 257 g/mol. The summed E-state index contributed by atoms with van der Waals surface area (Å²) in [5.74, 6) is 0. The molecular formula is C14H18F3N. The molecule has 100 valence electrons. The Labute approximate surface area is 106 Å². The van der Waals surface area contributed by atoms with Crippen molar-refractivity contribution in [3.8, 4) is 0 Å². The first-order valence-corrected chi connectivity index (χ1v) is 6.01. The number of allylic oxidation sites excluding steroid dienone is 1. The van der Waals surface area contributed by atoms with Gasteiger partial charge in [0.1, 0.15) is 0 Å². The van der Waals surface area contributed by atoms with Crippen LogP contribution in [0.15, 0.2) is 36.9 Å². The molecule has 1 N–H and O–H groups in total. The first-order valence-electron chi connectivity index (χ1n) is 6.01. The van der Waals surface area contributed by atoms with Crippen molar-refractivity contribution in [2.45, 2.75) is 32.0 Å². The van der Waals surface area contributed by atoms with Gasteiger partial charge in [-0.3, -0.25) is 0 Å². The van der Waals surface area contributed by atoms with Gasteiger partial charge in [0, 0.05) is 6.04 Å². The molecule has 1 rings (SSSR count). The molecule has 0 amide bonds. The SMILES string of the molecule is C=CCCC(NCC)c1ccccc1C(F)(F)F. The fourth-order valence-electron chi connectivity index (χ4n) is 1.96. The molecule has 1 aromatic rings. The second kappa shape index (κ2) is 6.59. The van der Waals surface area contributed by atoms with Crippen molar-refractivity contribution < 1.29 is 13.2 Å². The van der Waals surface area contributed by atoms with Gasteiger partial charge in [-0.15, -0.1) is 6.58 Å². The molecule has 0 aromatic heterocycles. The second-order valence-corrected chi connectivity index (χ2v) is 4.06. The van der Waals surface area contributed by atoms with Crippen molar-refractivity contribution in [3.05, 3.63) is 48.0 Å². The minimum absolute atomic E-state index is 0.286. The Morgan fingerprint density at radius 1 is 1.33 bits per heavy atom. The third kappa shape index (κ3) is 3.88. The standard InChI is InChI=1S/C14H18F3N/c1-3-5-10-13(18-4-2)11-8-6-7-9-12(11)14(15,16)17/h3,6-9,13,18H,1,4-5,10H2,2H3. The number of rotatable bonds is 6. The van der Waals surface area contributed by atoms with Crippen LogP contribution in [0.25, 0.3) is 0 Å². The first-order chi connectivity index (χ1) is 8.50. The molecule has 18 heavy (non-hydrogen) atoms. The predicted octanol–water partition coefficient (Wildman–Crippen LogP) is 4.32. The first kappa shape index (κ1) is 14.8. The van der Waals surface area contributed by atoms with Gasteiger partial charge >= 0.3 is 6.18 Å². The summed E-state index contributed by atoms with van der Waals surface area (Å²) in [6.07, 6.45) is -1.28. The molecule has 0 aliphatic heterocycles. The normalized spacial score (nSPS) is 13.3. The lowest BCUT2D eigenvalue weighted by Gasteiger charge is -2.22. The van der Waals surface area contributed by atoms with E-state index in [1.54, 1.807) is 18.2 Å². The highest BCUT2D eigenvalue weighted by molar-refractivity contribution is 5.32.